The molecule has 2 amide bonds. The molecule has 0 N–H and O–H groups in total. The van der Waals surface area contributed by atoms with Gasteiger partial charge in [0.25, 0.3) is 5.91 Å². The highest BCUT2D eigenvalue weighted by atomic mass is 35.5. The van der Waals surface area contributed by atoms with Crippen LogP contribution in [0.5, 0.6) is 0 Å². The summed E-state index contributed by atoms with van der Waals surface area (Å²) in [5.41, 5.74) is 1.16. The standard InChI is InChI=1S/C25H23Cl2FN2O2S/c1-16-2-10-21(33-16)14-29(13-17-3-6-19(28)7-4-17)24(31)15-30(20-8-9-20)25(32)22-11-5-18(26)12-23(22)27/h2-7,10-12,20H,8-9,13-15H2,1H3. The second kappa shape index (κ2) is 10.2. The molecule has 3 aromatic rings. The molecule has 4 nitrogen and oxygen atoms in total. The van der Waals surface area contributed by atoms with Gasteiger partial charge >= 0.3 is 0 Å². The maximum atomic E-state index is 13.5. The molecule has 0 aliphatic heterocycles. The van der Waals surface area contributed by atoms with Gasteiger partial charge in [0.05, 0.1) is 17.1 Å². The van der Waals surface area contributed by atoms with Crippen molar-refractivity contribution in [3.8, 4) is 0 Å². The van der Waals surface area contributed by atoms with E-state index in [-0.39, 0.29) is 35.2 Å². The molecule has 1 saturated carbocycles. The van der Waals surface area contributed by atoms with E-state index < -0.39 is 0 Å². The fraction of sp³-hybridized carbons (Fsp3) is 0.280. The van der Waals surface area contributed by atoms with Crippen LogP contribution in [0, 0.1) is 12.7 Å². The van der Waals surface area contributed by atoms with Crippen molar-refractivity contribution in [2.75, 3.05) is 6.54 Å². The first-order valence-electron chi connectivity index (χ1n) is 10.6. The van der Waals surface area contributed by atoms with Crippen molar-refractivity contribution in [1.82, 2.24) is 9.80 Å². The van der Waals surface area contributed by atoms with Gasteiger partial charge in [-0.3, -0.25) is 9.59 Å². The Morgan fingerprint density at radius 2 is 1.76 bits per heavy atom. The average Bonchev–Trinajstić information content (AvgIpc) is 3.53. The smallest absolute Gasteiger partial charge is 0.256 e. The van der Waals surface area contributed by atoms with Gasteiger partial charge < -0.3 is 9.80 Å². The molecule has 4 rings (SSSR count). The van der Waals surface area contributed by atoms with Crippen molar-refractivity contribution in [3.63, 3.8) is 0 Å². The second-order valence-corrected chi connectivity index (χ2v) is 10.4. The summed E-state index contributed by atoms with van der Waals surface area (Å²) in [4.78, 5) is 32.2. The van der Waals surface area contributed by atoms with Crippen LogP contribution in [0.2, 0.25) is 10.0 Å². The van der Waals surface area contributed by atoms with Gasteiger partial charge in [0.1, 0.15) is 12.4 Å². The molecule has 8 heteroatoms. The number of amides is 2. The topological polar surface area (TPSA) is 40.6 Å². The molecule has 0 bridgehead atoms. The lowest BCUT2D eigenvalue weighted by atomic mass is 10.1. The lowest BCUT2D eigenvalue weighted by molar-refractivity contribution is -0.133. The average molecular weight is 505 g/mol. The molecule has 1 fully saturated rings. The van der Waals surface area contributed by atoms with Crippen LogP contribution in [0.15, 0.2) is 54.6 Å². The number of hydrogen-bond acceptors (Lipinski definition) is 3. The predicted octanol–water partition coefficient (Wildman–Crippen LogP) is 6.34. The Hall–Kier alpha value is -2.41. The number of nitrogens with zero attached hydrogens (tertiary/aromatic N) is 2. The van der Waals surface area contributed by atoms with Crippen molar-refractivity contribution in [1.29, 1.82) is 0 Å². The van der Waals surface area contributed by atoms with E-state index in [0.717, 1.165) is 28.2 Å². The summed E-state index contributed by atoms with van der Waals surface area (Å²) in [5, 5.41) is 0.713. The summed E-state index contributed by atoms with van der Waals surface area (Å²) in [6.45, 7) is 2.71. The number of benzene rings is 2. The van der Waals surface area contributed by atoms with Crippen molar-refractivity contribution in [3.05, 3.63) is 91.3 Å². The summed E-state index contributed by atoms with van der Waals surface area (Å²) in [7, 11) is 0. The first kappa shape index (κ1) is 23.7. The molecule has 0 spiro atoms. The molecule has 1 aromatic heterocycles. The van der Waals surface area contributed by atoms with Gasteiger partial charge in [-0.2, -0.15) is 0 Å². The minimum absolute atomic E-state index is 0.0184. The SMILES string of the molecule is Cc1ccc(CN(Cc2ccc(F)cc2)C(=O)CN(C(=O)c2ccc(Cl)cc2Cl)C2CC2)s1. The van der Waals surface area contributed by atoms with Gasteiger partial charge in [0.2, 0.25) is 5.91 Å². The molecule has 0 radical (unpaired) electrons. The Morgan fingerprint density at radius 1 is 1.03 bits per heavy atom. The number of hydrogen-bond donors (Lipinski definition) is 0. The van der Waals surface area contributed by atoms with Crippen LogP contribution in [-0.4, -0.2) is 34.2 Å². The summed E-state index contributed by atoms with van der Waals surface area (Å²) in [6, 6.07) is 14.9. The minimum Gasteiger partial charge on any atom is -0.332 e. The highest BCUT2D eigenvalue weighted by Crippen LogP contribution is 2.31. The molecule has 0 saturated heterocycles. The van der Waals surface area contributed by atoms with Crippen LogP contribution < -0.4 is 0 Å². The van der Waals surface area contributed by atoms with Gasteiger partial charge in [-0.25, -0.2) is 4.39 Å². The van der Waals surface area contributed by atoms with Gasteiger partial charge in [0, 0.05) is 27.4 Å². The van der Waals surface area contributed by atoms with Crippen LogP contribution in [0.25, 0.3) is 0 Å². The summed E-state index contributed by atoms with van der Waals surface area (Å²) in [6.07, 6.45) is 1.71. The zero-order valence-electron chi connectivity index (χ0n) is 18.1. The molecule has 0 atom stereocenters. The predicted molar refractivity (Wildman–Crippen MR) is 130 cm³/mol. The third kappa shape index (κ3) is 6.14. The molecule has 1 aliphatic rings. The molecular weight excluding hydrogens is 482 g/mol. The van der Waals surface area contributed by atoms with E-state index in [4.69, 9.17) is 23.2 Å². The minimum atomic E-state index is -0.323. The highest BCUT2D eigenvalue weighted by molar-refractivity contribution is 7.11. The van der Waals surface area contributed by atoms with Gasteiger partial charge in [0.15, 0.2) is 0 Å². The number of carbonyl (C=O) groups excluding carboxylic acids is 2. The van der Waals surface area contributed by atoms with E-state index in [2.05, 4.69) is 0 Å². The van der Waals surface area contributed by atoms with Gasteiger partial charge in [-0.15, -0.1) is 11.3 Å². The van der Waals surface area contributed by atoms with Gasteiger partial charge in [-0.05, 0) is 67.8 Å². The van der Waals surface area contributed by atoms with Crippen LogP contribution in [0.1, 0.15) is 38.5 Å². The molecule has 33 heavy (non-hydrogen) atoms. The number of rotatable bonds is 8. The zero-order chi connectivity index (χ0) is 23.5. The molecule has 2 aromatic carbocycles. The lowest BCUT2D eigenvalue weighted by Crippen LogP contribution is -2.43. The zero-order valence-corrected chi connectivity index (χ0v) is 20.4. The molecular formula is C25H23Cl2FN2O2S. The van der Waals surface area contributed by atoms with Crippen LogP contribution in [0.3, 0.4) is 0 Å². The summed E-state index contributed by atoms with van der Waals surface area (Å²) in [5.74, 6) is -0.771. The first-order valence-corrected chi connectivity index (χ1v) is 12.2. The Balaban J connectivity index is 1.55. The Bertz CT molecular complexity index is 1160. The molecule has 1 aliphatic carbocycles. The molecule has 1 heterocycles. The van der Waals surface area contributed by atoms with Crippen molar-refractivity contribution >= 4 is 46.4 Å². The van der Waals surface area contributed by atoms with Crippen LogP contribution in [-0.2, 0) is 17.9 Å². The van der Waals surface area contributed by atoms with Crippen molar-refractivity contribution in [2.24, 2.45) is 0 Å². The number of thiophene rings is 1. The maximum absolute atomic E-state index is 13.5. The van der Waals surface area contributed by atoms with Crippen molar-refractivity contribution < 1.29 is 14.0 Å². The molecule has 172 valence electrons. The maximum Gasteiger partial charge on any atom is 0.256 e. The summed E-state index contributed by atoms with van der Waals surface area (Å²) >= 11 is 13.9. The quantitative estimate of drug-likeness (QED) is 0.359. The van der Waals surface area contributed by atoms with E-state index in [9.17, 15) is 14.0 Å². The normalized spacial score (nSPS) is 13.1. The van der Waals surface area contributed by atoms with E-state index >= 15 is 0 Å². The Morgan fingerprint density at radius 3 is 2.36 bits per heavy atom. The Kier molecular flexibility index (Phi) is 7.37. The number of halogens is 3. The fourth-order valence-electron chi connectivity index (χ4n) is 3.62. The van der Waals surface area contributed by atoms with E-state index in [1.54, 1.807) is 45.4 Å². The Labute approximate surface area is 206 Å². The first-order chi connectivity index (χ1) is 15.8. The monoisotopic (exact) mass is 504 g/mol. The molecule has 0 unspecified atom stereocenters. The summed E-state index contributed by atoms with van der Waals surface area (Å²) < 4.78 is 13.4. The van der Waals surface area contributed by atoms with Crippen LogP contribution >= 0.6 is 34.5 Å². The fourth-order valence-corrected chi connectivity index (χ4v) is 5.01. The highest BCUT2D eigenvalue weighted by Gasteiger charge is 2.36. The third-order valence-corrected chi connectivity index (χ3v) is 7.03. The van der Waals surface area contributed by atoms with Crippen molar-refractivity contribution in [2.45, 2.75) is 38.9 Å². The lowest BCUT2D eigenvalue weighted by Gasteiger charge is -2.28. The van der Waals surface area contributed by atoms with Crippen LogP contribution in [0.4, 0.5) is 4.39 Å². The van der Waals surface area contributed by atoms with E-state index in [1.165, 1.54) is 18.2 Å². The number of aryl methyl sites for hydroxylation is 1. The van der Waals surface area contributed by atoms with Gasteiger partial charge in [-0.1, -0.05) is 35.3 Å². The largest absolute Gasteiger partial charge is 0.332 e. The number of carbonyl (C=O) groups is 2. The van der Waals surface area contributed by atoms with E-state index in [1.807, 2.05) is 19.1 Å². The van der Waals surface area contributed by atoms with E-state index in [0.29, 0.717) is 23.7 Å². The second-order valence-electron chi connectivity index (χ2n) is 8.18. The third-order valence-electron chi connectivity index (χ3n) is 5.50.